The Morgan fingerprint density at radius 3 is 2.59 bits per heavy atom. The van der Waals surface area contributed by atoms with E-state index < -0.39 is 0 Å². The molecule has 1 heterocycles. The molecule has 0 atom stereocenters. The Labute approximate surface area is 108 Å². The maximum Gasteiger partial charge on any atom is 0.161 e. The van der Waals surface area contributed by atoms with Crippen molar-refractivity contribution in [2.75, 3.05) is 0 Å². The molecule has 17 heavy (non-hydrogen) atoms. The second kappa shape index (κ2) is 5.02. The fourth-order valence-corrected chi connectivity index (χ4v) is 2.40. The fourth-order valence-electron chi connectivity index (χ4n) is 1.26. The van der Waals surface area contributed by atoms with Crippen LogP contribution in [0.25, 0.3) is 0 Å². The van der Waals surface area contributed by atoms with Crippen molar-refractivity contribution < 1.29 is 4.39 Å². The van der Waals surface area contributed by atoms with E-state index in [4.69, 9.17) is 11.6 Å². The third-order valence-corrected chi connectivity index (χ3v) is 3.59. The van der Waals surface area contributed by atoms with E-state index >= 15 is 0 Å². The normalized spacial score (nSPS) is 10.6. The molecule has 0 spiro atoms. The maximum atomic E-state index is 13.0. The first-order valence-electron chi connectivity index (χ1n) is 5.00. The number of halogens is 2. The number of hydrogen-bond acceptors (Lipinski definition) is 3. The minimum Gasteiger partial charge on any atom is -0.241 e. The van der Waals surface area contributed by atoms with Gasteiger partial charge in [0.25, 0.3) is 0 Å². The largest absolute Gasteiger partial charge is 0.241 e. The van der Waals surface area contributed by atoms with Gasteiger partial charge in [-0.05, 0) is 32.0 Å². The smallest absolute Gasteiger partial charge is 0.161 e. The van der Waals surface area contributed by atoms with Crippen LogP contribution in [0.15, 0.2) is 34.2 Å². The molecule has 0 radical (unpaired) electrons. The number of hydrogen-bond donors (Lipinski definition) is 0. The Hall–Kier alpha value is -1.13. The highest BCUT2D eigenvalue weighted by Gasteiger charge is 2.09. The topological polar surface area (TPSA) is 25.8 Å². The number of benzene rings is 1. The van der Waals surface area contributed by atoms with Crippen LogP contribution in [0.5, 0.6) is 0 Å². The Morgan fingerprint density at radius 1 is 1.18 bits per heavy atom. The Morgan fingerprint density at radius 2 is 1.88 bits per heavy atom. The van der Waals surface area contributed by atoms with E-state index in [0.717, 1.165) is 16.3 Å². The minimum atomic E-state index is -0.275. The van der Waals surface area contributed by atoms with Gasteiger partial charge in [-0.25, -0.2) is 14.4 Å². The van der Waals surface area contributed by atoms with Gasteiger partial charge in [0, 0.05) is 4.90 Å². The molecule has 0 unspecified atom stereocenters. The van der Waals surface area contributed by atoms with Gasteiger partial charge in [0.05, 0.1) is 11.4 Å². The molecule has 0 bridgehead atoms. The summed E-state index contributed by atoms with van der Waals surface area (Å²) in [6.45, 7) is 3.72. The molecule has 0 saturated carbocycles. The molecule has 0 aliphatic carbocycles. The monoisotopic (exact) mass is 268 g/mol. The summed E-state index contributed by atoms with van der Waals surface area (Å²) < 4.78 is 13.0. The average Bonchev–Trinajstić information content (AvgIpc) is 2.26. The predicted molar refractivity (Wildman–Crippen MR) is 67.0 cm³/mol. The van der Waals surface area contributed by atoms with Crippen LogP contribution in [0.3, 0.4) is 0 Å². The van der Waals surface area contributed by atoms with Crippen LogP contribution in [-0.4, -0.2) is 9.97 Å². The SMILES string of the molecule is Cc1nc(Cl)c(Sc2cccc(F)c2)nc1C. The standard InChI is InChI=1S/C12H10ClFN2S/c1-7-8(2)16-12(11(13)15-7)17-10-5-3-4-9(14)6-10/h3-6H,1-2H3. The zero-order valence-electron chi connectivity index (χ0n) is 9.37. The number of aromatic nitrogens is 2. The molecule has 0 saturated heterocycles. The van der Waals surface area contributed by atoms with Gasteiger partial charge in [0.15, 0.2) is 5.15 Å². The van der Waals surface area contributed by atoms with Crippen molar-refractivity contribution in [3.05, 3.63) is 46.6 Å². The van der Waals surface area contributed by atoms with Crippen molar-refractivity contribution in [2.24, 2.45) is 0 Å². The van der Waals surface area contributed by atoms with Crippen molar-refractivity contribution >= 4 is 23.4 Å². The summed E-state index contributed by atoms with van der Waals surface area (Å²) >= 11 is 7.31. The summed E-state index contributed by atoms with van der Waals surface area (Å²) in [6, 6.07) is 6.30. The molecular formula is C12H10ClFN2S. The summed E-state index contributed by atoms with van der Waals surface area (Å²) in [7, 11) is 0. The number of nitrogens with zero attached hydrogens (tertiary/aromatic N) is 2. The van der Waals surface area contributed by atoms with E-state index in [1.807, 2.05) is 13.8 Å². The predicted octanol–water partition coefficient (Wildman–Crippen LogP) is 4.04. The molecule has 0 aliphatic heterocycles. The van der Waals surface area contributed by atoms with Gasteiger partial charge in [0.2, 0.25) is 0 Å². The van der Waals surface area contributed by atoms with Crippen molar-refractivity contribution in [3.63, 3.8) is 0 Å². The zero-order valence-corrected chi connectivity index (χ0v) is 10.9. The first-order valence-corrected chi connectivity index (χ1v) is 6.20. The van der Waals surface area contributed by atoms with E-state index in [0.29, 0.717) is 10.2 Å². The van der Waals surface area contributed by atoms with Crippen LogP contribution < -0.4 is 0 Å². The molecule has 2 rings (SSSR count). The van der Waals surface area contributed by atoms with E-state index in [1.54, 1.807) is 12.1 Å². The second-order valence-corrected chi connectivity index (χ2v) is 4.97. The van der Waals surface area contributed by atoms with E-state index in [-0.39, 0.29) is 5.82 Å². The van der Waals surface area contributed by atoms with E-state index in [1.165, 1.54) is 23.9 Å². The molecule has 88 valence electrons. The van der Waals surface area contributed by atoms with Gasteiger partial charge in [-0.3, -0.25) is 0 Å². The van der Waals surface area contributed by atoms with Gasteiger partial charge < -0.3 is 0 Å². The Balaban J connectivity index is 2.33. The lowest BCUT2D eigenvalue weighted by atomic mass is 10.3. The van der Waals surface area contributed by atoms with Gasteiger partial charge in [0.1, 0.15) is 10.8 Å². The molecule has 1 aromatic heterocycles. The van der Waals surface area contributed by atoms with E-state index in [2.05, 4.69) is 9.97 Å². The van der Waals surface area contributed by atoms with Crippen LogP contribution in [0.2, 0.25) is 5.15 Å². The van der Waals surface area contributed by atoms with Crippen LogP contribution in [0, 0.1) is 19.7 Å². The lowest BCUT2D eigenvalue weighted by Crippen LogP contribution is -1.95. The maximum absolute atomic E-state index is 13.0. The highest BCUT2D eigenvalue weighted by atomic mass is 35.5. The summed E-state index contributed by atoms with van der Waals surface area (Å²) in [4.78, 5) is 9.28. The third kappa shape index (κ3) is 2.96. The highest BCUT2D eigenvalue weighted by molar-refractivity contribution is 7.99. The quantitative estimate of drug-likeness (QED) is 0.822. The van der Waals surface area contributed by atoms with Crippen molar-refractivity contribution in [3.8, 4) is 0 Å². The first-order chi connectivity index (χ1) is 8.06. The van der Waals surface area contributed by atoms with Gasteiger partial charge in [-0.1, -0.05) is 29.4 Å². The molecule has 0 fully saturated rings. The molecule has 0 amide bonds. The van der Waals surface area contributed by atoms with Crippen LogP contribution in [0.1, 0.15) is 11.4 Å². The Bertz CT molecular complexity index is 560. The fraction of sp³-hybridized carbons (Fsp3) is 0.167. The second-order valence-electron chi connectivity index (χ2n) is 3.55. The lowest BCUT2D eigenvalue weighted by Gasteiger charge is -2.06. The molecule has 0 aliphatic rings. The van der Waals surface area contributed by atoms with Crippen molar-refractivity contribution in [2.45, 2.75) is 23.8 Å². The van der Waals surface area contributed by atoms with Crippen LogP contribution in [-0.2, 0) is 0 Å². The molecule has 2 nitrogen and oxygen atoms in total. The number of aryl methyl sites for hydroxylation is 2. The van der Waals surface area contributed by atoms with Gasteiger partial charge in [-0.15, -0.1) is 0 Å². The van der Waals surface area contributed by atoms with Gasteiger partial charge >= 0.3 is 0 Å². The molecular weight excluding hydrogens is 259 g/mol. The summed E-state index contributed by atoms with van der Waals surface area (Å²) in [5, 5.41) is 0.947. The van der Waals surface area contributed by atoms with Crippen molar-refractivity contribution in [1.82, 2.24) is 9.97 Å². The zero-order chi connectivity index (χ0) is 12.4. The first kappa shape index (κ1) is 12.3. The summed E-state index contributed by atoms with van der Waals surface area (Å²) in [6.07, 6.45) is 0. The summed E-state index contributed by atoms with van der Waals surface area (Å²) in [5.74, 6) is -0.275. The highest BCUT2D eigenvalue weighted by Crippen LogP contribution is 2.31. The molecule has 2 aromatic rings. The van der Waals surface area contributed by atoms with Crippen LogP contribution >= 0.6 is 23.4 Å². The van der Waals surface area contributed by atoms with Gasteiger partial charge in [-0.2, -0.15) is 0 Å². The van der Waals surface area contributed by atoms with Crippen LogP contribution in [0.4, 0.5) is 4.39 Å². The summed E-state index contributed by atoms with van der Waals surface area (Å²) in [5.41, 5.74) is 1.63. The average molecular weight is 269 g/mol. The van der Waals surface area contributed by atoms with Crippen molar-refractivity contribution in [1.29, 1.82) is 0 Å². The molecule has 5 heteroatoms. The molecule has 0 N–H and O–H groups in total. The van der Waals surface area contributed by atoms with E-state index in [9.17, 15) is 4.39 Å². The molecule has 1 aromatic carbocycles. The number of rotatable bonds is 2. The lowest BCUT2D eigenvalue weighted by molar-refractivity contribution is 0.624. The Kier molecular flexibility index (Phi) is 3.64. The minimum absolute atomic E-state index is 0.275. The third-order valence-electron chi connectivity index (χ3n) is 2.25.